The highest BCUT2D eigenvalue weighted by atomic mass is 16.3. The second kappa shape index (κ2) is 3.39. The Bertz CT molecular complexity index is 543. The highest BCUT2D eigenvalue weighted by molar-refractivity contribution is 5.91. The Labute approximate surface area is 88.9 Å². The van der Waals surface area contributed by atoms with Gasteiger partial charge in [-0.05, 0) is 25.5 Å². The van der Waals surface area contributed by atoms with Gasteiger partial charge >= 0.3 is 0 Å². The summed E-state index contributed by atoms with van der Waals surface area (Å²) in [6.07, 6.45) is 0. The number of aryl methyl sites for hydroxylation is 1. The van der Waals surface area contributed by atoms with Crippen molar-refractivity contribution in [3.63, 3.8) is 0 Å². The number of para-hydroxylation sites is 1. The first kappa shape index (κ1) is 9.71. The van der Waals surface area contributed by atoms with E-state index >= 15 is 0 Å². The van der Waals surface area contributed by atoms with Crippen LogP contribution in [0.5, 0.6) is 0 Å². The lowest BCUT2D eigenvalue weighted by Gasteiger charge is -2.10. The molecule has 76 valence electrons. The molecular weight excluding hydrogens is 186 g/mol. The average molecular weight is 199 g/mol. The lowest BCUT2D eigenvalue weighted by molar-refractivity contribution is 0.514. The summed E-state index contributed by atoms with van der Waals surface area (Å²) >= 11 is 0. The predicted molar refractivity (Wildman–Crippen MR) is 62.9 cm³/mol. The van der Waals surface area contributed by atoms with Crippen molar-refractivity contribution in [1.82, 2.24) is 4.98 Å². The van der Waals surface area contributed by atoms with E-state index in [0.717, 1.165) is 27.7 Å². The van der Waals surface area contributed by atoms with E-state index in [4.69, 9.17) is 0 Å². The molecule has 0 spiro atoms. The number of aliphatic hydroxyl groups excluding tert-OH is 1. The fourth-order valence-corrected chi connectivity index (χ4v) is 1.80. The molecule has 0 atom stereocenters. The van der Waals surface area contributed by atoms with Crippen molar-refractivity contribution < 1.29 is 5.11 Å². The smallest absolute Gasteiger partial charge is 0.116 e. The first-order chi connectivity index (χ1) is 7.11. The summed E-state index contributed by atoms with van der Waals surface area (Å²) in [5, 5.41) is 10.6. The van der Waals surface area contributed by atoms with Gasteiger partial charge in [-0.15, -0.1) is 0 Å². The highest BCUT2D eigenvalue weighted by Gasteiger charge is 2.10. The van der Waals surface area contributed by atoms with Crippen LogP contribution in [0.1, 0.15) is 16.8 Å². The number of aliphatic hydroxyl groups is 1. The lowest BCUT2D eigenvalue weighted by Crippen LogP contribution is -1.96. The van der Waals surface area contributed by atoms with Gasteiger partial charge in [-0.2, -0.15) is 0 Å². The van der Waals surface area contributed by atoms with E-state index < -0.39 is 0 Å². The molecule has 15 heavy (non-hydrogen) atoms. The monoisotopic (exact) mass is 199 g/mol. The summed E-state index contributed by atoms with van der Waals surface area (Å²) in [6, 6.07) is 7.76. The first-order valence-corrected chi connectivity index (χ1v) is 4.85. The molecule has 0 amide bonds. The molecule has 0 bridgehead atoms. The number of fused-ring (bicyclic) bond motifs is 1. The molecule has 0 aliphatic rings. The maximum absolute atomic E-state index is 9.60. The van der Waals surface area contributed by atoms with Gasteiger partial charge in [0.1, 0.15) is 5.76 Å². The molecule has 0 aliphatic carbocycles. The minimum Gasteiger partial charge on any atom is -0.508 e. The van der Waals surface area contributed by atoms with E-state index in [9.17, 15) is 5.11 Å². The fourth-order valence-electron chi connectivity index (χ4n) is 1.80. The Morgan fingerprint density at radius 1 is 1.27 bits per heavy atom. The van der Waals surface area contributed by atoms with Gasteiger partial charge < -0.3 is 5.11 Å². The second-order valence-electron chi connectivity index (χ2n) is 3.66. The average Bonchev–Trinajstić information content (AvgIpc) is 2.19. The summed E-state index contributed by atoms with van der Waals surface area (Å²) in [7, 11) is 0. The van der Waals surface area contributed by atoms with Crippen LogP contribution in [0.25, 0.3) is 16.7 Å². The lowest BCUT2D eigenvalue weighted by atomic mass is 10.0. The zero-order valence-corrected chi connectivity index (χ0v) is 8.91. The standard InChI is InChI=1S/C13H13NO/c1-8-9(2)14-12-7-5-4-6-11(12)13(8)10(3)15/h4-7,15H,3H2,1-2H3. The van der Waals surface area contributed by atoms with Crippen molar-refractivity contribution in [2.75, 3.05) is 0 Å². The van der Waals surface area contributed by atoms with Gasteiger partial charge in [-0.1, -0.05) is 24.8 Å². The third kappa shape index (κ3) is 1.48. The zero-order chi connectivity index (χ0) is 11.0. The maximum atomic E-state index is 9.60. The molecule has 1 aromatic carbocycles. The molecule has 0 unspecified atom stereocenters. The van der Waals surface area contributed by atoms with Crippen molar-refractivity contribution in [2.24, 2.45) is 0 Å². The van der Waals surface area contributed by atoms with E-state index in [-0.39, 0.29) is 5.76 Å². The van der Waals surface area contributed by atoms with Gasteiger partial charge in [0.2, 0.25) is 0 Å². The number of hydrogen-bond acceptors (Lipinski definition) is 2. The fraction of sp³-hybridized carbons (Fsp3) is 0.154. The Kier molecular flexibility index (Phi) is 2.19. The second-order valence-corrected chi connectivity index (χ2v) is 3.66. The minimum absolute atomic E-state index is 0.106. The number of rotatable bonds is 1. The van der Waals surface area contributed by atoms with Gasteiger partial charge in [-0.25, -0.2) is 0 Å². The van der Waals surface area contributed by atoms with Gasteiger partial charge in [-0.3, -0.25) is 4.98 Å². The van der Waals surface area contributed by atoms with Crippen LogP contribution >= 0.6 is 0 Å². The van der Waals surface area contributed by atoms with Gasteiger partial charge in [0.05, 0.1) is 5.52 Å². The summed E-state index contributed by atoms with van der Waals surface area (Å²) in [5.41, 5.74) is 3.61. The Morgan fingerprint density at radius 3 is 2.60 bits per heavy atom. The predicted octanol–water partition coefficient (Wildman–Crippen LogP) is 3.38. The number of benzene rings is 1. The van der Waals surface area contributed by atoms with Crippen LogP contribution in [-0.4, -0.2) is 10.1 Å². The normalized spacial score (nSPS) is 10.5. The van der Waals surface area contributed by atoms with E-state index in [1.54, 1.807) is 0 Å². The number of aromatic nitrogens is 1. The third-order valence-electron chi connectivity index (χ3n) is 2.67. The molecule has 0 saturated heterocycles. The van der Waals surface area contributed by atoms with Gasteiger partial charge in [0.25, 0.3) is 0 Å². The van der Waals surface area contributed by atoms with Crippen LogP contribution in [0.4, 0.5) is 0 Å². The first-order valence-electron chi connectivity index (χ1n) is 4.85. The van der Waals surface area contributed by atoms with E-state index in [0.29, 0.717) is 0 Å². The Balaban J connectivity index is 2.95. The molecule has 0 saturated carbocycles. The topological polar surface area (TPSA) is 33.1 Å². The zero-order valence-electron chi connectivity index (χ0n) is 8.91. The van der Waals surface area contributed by atoms with Crippen LogP contribution in [-0.2, 0) is 0 Å². The van der Waals surface area contributed by atoms with Crippen molar-refractivity contribution >= 4 is 16.7 Å². The van der Waals surface area contributed by atoms with Crippen molar-refractivity contribution in [3.05, 3.63) is 47.7 Å². The molecule has 1 aromatic heterocycles. The molecule has 1 N–H and O–H groups in total. The molecular formula is C13H13NO. The molecule has 2 aromatic rings. The largest absolute Gasteiger partial charge is 0.508 e. The molecule has 0 fully saturated rings. The summed E-state index contributed by atoms with van der Waals surface area (Å²) < 4.78 is 0. The summed E-state index contributed by atoms with van der Waals surface area (Å²) in [6.45, 7) is 7.49. The van der Waals surface area contributed by atoms with Crippen LogP contribution in [0.3, 0.4) is 0 Å². The molecule has 1 heterocycles. The Morgan fingerprint density at radius 2 is 1.93 bits per heavy atom. The van der Waals surface area contributed by atoms with E-state index in [1.165, 1.54) is 0 Å². The van der Waals surface area contributed by atoms with Crippen molar-refractivity contribution in [1.29, 1.82) is 0 Å². The minimum atomic E-state index is 0.106. The SMILES string of the molecule is C=C(O)c1c(C)c(C)nc2ccccc12. The van der Waals surface area contributed by atoms with Gasteiger partial charge in [0.15, 0.2) is 0 Å². The van der Waals surface area contributed by atoms with Gasteiger partial charge in [0, 0.05) is 16.6 Å². The molecule has 0 aliphatic heterocycles. The summed E-state index contributed by atoms with van der Waals surface area (Å²) in [4.78, 5) is 4.47. The van der Waals surface area contributed by atoms with Crippen molar-refractivity contribution in [2.45, 2.75) is 13.8 Å². The van der Waals surface area contributed by atoms with E-state index in [2.05, 4.69) is 11.6 Å². The Hall–Kier alpha value is -1.83. The van der Waals surface area contributed by atoms with Crippen LogP contribution in [0.15, 0.2) is 30.8 Å². The number of pyridine rings is 1. The van der Waals surface area contributed by atoms with Crippen molar-refractivity contribution in [3.8, 4) is 0 Å². The number of nitrogens with zero attached hydrogens (tertiary/aromatic N) is 1. The van der Waals surface area contributed by atoms with Crippen LogP contribution in [0, 0.1) is 13.8 Å². The maximum Gasteiger partial charge on any atom is 0.116 e. The van der Waals surface area contributed by atoms with Crippen LogP contribution in [0.2, 0.25) is 0 Å². The quantitative estimate of drug-likeness (QED) is 0.714. The third-order valence-corrected chi connectivity index (χ3v) is 2.67. The van der Waals surface area contributed by atoms with Crippen LogP contribution < -0.4 is 0 Å². The summed E-state index contributed by atoms with van der Waals surface area (Å²) in [5.74, 6) is 0.106. The van der Waals surface area contributed by atoms with E-state index in [1.807, 2.05) is 38.1 Å². The molecule has 2 heteroatoms. The molecule has 2 rings (SSSR count). The number of hydrogen-bond donors (Lipinski definition) is 1. The highest BCUT2D eigenvalue weighted by Crippen LogP contribution is 2.26. The molecule has 2 nitrogen and oxygen atoms in total. The molecule has 0 radical (unpaired) electrons.